The zero-order chi connectivity index (χ0) is 20.3. The number of aromatic carboxylic acids is 1. The molecule has 29 heavy (non-hydrogen) atoms. The standard InChI is InChI=1S/C19H18FN5O4/c1-10-9-29-18-15-12(17(26)13(19(27)28)8-24(10)15)6-14(20)16(18)23-4-2-11(7-23)25-5-3-21-22-25/h3,5-6,8,10-11H,2,4,7,9H2,1H3,(H,27,28). The van der Waals surface area contributed by atoms with E-state index in [4.69, 9.17) is 4.74 Å². The number of ether oxygens (including phenoxy) is 1. The van der Waals surface area contributed by atoms with Gasteiger partial charge in [-0.1, -0.05) is 5.21 Å². The van der Waals surface area contributed by atoms with E-state index >= 15 is 4.39 Å². The fraction of sp³-hybridized carbons (Fsp3) is 0.368. The lowest BCUT2D eigenvalue weighted by molar-refractivity contribution is 0.0694. The quantitative estimate of drug-likeness (QED) is 0.717. The molecule has 0 amide bonds. The summed E-state index contributed by atoms with van der Waals surface area (Å²) < 4.78 is 24.5. The summed E-state index contributed by atoms with van der Waals surface area (Å²) in [7, 11) is 0. The van der Waals surface area contributed by atoms with Crippen molar-refractivity contribution in [1.82, 2.24) is 19.6 Å². The molecule has 2 unspecified atom stereocenters. The number of benzene rings is 1. The van der Waals surface area contributed by atoms with E-state index in [1.54, 1.807) is 21.6 Å². The van der Waals surface area contributed by atoms with Gasteiger partial charge in [0.15, 0.2) is 11.6 Å². The normalized spacial score (nSPS) is 20.8. The first-order valence-corrected chi connectivity index (χ1v) is 9.34. The molecule has 4 heterocycles. The Labute approximate surface area is 163 Å². The minimum absolute atomic E-state index is 0.0136. The van der Waals surface area contributed by atoms with Gasteiger partial charge in [-0.3, -0.25) is 4.79 Å². The van der Waals surface area contributed by atoms with Crippen LogP contribution in [0, 0.1) is 5.82 Å². The van der Waals surface area contributed by atoms with Crippen molar-refractivity contribution >= 4 is 22.6 Å². The summed E-state index contributed by atoms with van der Waals surface area (Å²) in [6.45, 7) is 3.23. The first kappa shape index (κ1) is 17.7. The minimum atomic E-state index is -1.33. The molecule has 0 aliphatic carbocycles. The maximum absolute atomic E-state index is 15.2. The van der Waals surface area contributed by atoms with E-state index in [1.807, 2.05) is 11.8 Å². The van der Waals surface area contributed by atoms with Gasteiger partial charge in [-0.2, -0.15) is 0 Å². The number of anilines is 1. The van der Waals surface area contributed by atoms with Crippen LogP contribution in [-0.4, -0.2) is 50.3 Å². The van der Waals surface area contributed by atoms with E-state index in [0.29, 0.717) is 24.3 Å². The van der Waals surface area contributed by atoms with Crippen LogP contribution in [0.5, 0.6) is 5.75 Å². The van der Waals surface area contributed by atoms with Crippen molar-refractivity contribution in [1.29, 1.82) is 0 Å². The lowest BCUT2D eigenvalue weighted by Crippen LogP contribution is -2.29. The van der Waals surface area contributed by atoms with E-state index in [2.05, 4.69) is 10.3 Å². The highest BCUT2D eigenvalue weighted by atomic mass is 19.1. The molecule has 1 saturated heterocycles. The van der Waals surface area contributed by atoms with E-state index in [1.165, 1.54) is 6.20 Å². The SMILES string of the molecule is CC1COc2c(N3CCC(n4ccnn4)C3)c(F)cc3c(=O)c(C(=O)O)cn1c23. The van der Waals surface area contributed by atoms with Crippen LogP contribution >= 0.6 is 0 Å². The van der Waals surface area contributed by atoms with Crippen molar-refractivity contribution in [2.75, 3.05) is 24.6 Å². The molecule has 2 aliphatic rings. The number of halogens is 1. The molecule has 0 radical (unpaired) electrons. The summed E-state index contributed by atoms with van der Waals surface area (Å²) in [6, 6.07) is 0.992. The molecule has 0 bridgehead atoms. The average Bonchev–Trinajstić information content (AvgIpc) is 3.37. The van der Waals surface area contributed by atoms with E-state index < -0.39 is 17.2 Å². The summed E-state index contributed by atoms with van der Waals surface area (Å²) in [5, 5.41) is 17.2. The zero-order valence-electron chi connectivity index (χ0n) is 15.6. The van der Waals surface area contributed by atoms with E-state index in [-0.39, 0.29) is 35.4 Å². The number of carboxylic acids is 1. The maximum Gasteiger partial charge on any atom is 0.341 e. The number of carbonyl (C=O) groups is 1. The summed E-state index contributed by atoms with van der Waals surface area (Å²) >= 11 is 0. The largest absolute Gasteiger partial charge is 0.487 e. The summed E-state index contributed by atoms with van der Waals surface area (Å²) in [5.74, 6) is -1.65. The molecule has 1 N–H and O–H groups in total. The number of hydrogen-bond acceptors (Lipinski definition) is 6. The third kappa shape index (κ3) is 2.59. The van der Waals surface area contributed by atoms with Crippen LogP contribution < -0.4 is 15.1 Å². The summed E-state index contributed by atoms with van der Waals surface area (Å²) in [4.78, 5) is 26.0. The Morgan fingerprint density at radius 3 is 2.97 bits per heavy atom. The van der Waals surface area contributed by atoms with Crippen molar-refractivity contribution in [2.45, 2.75) is 25.4 Å². The minimum Gasteiger partial charge on any atom is -0.487 e. The van der Waals surface area contributed by atoms with Crippen LogP contribution in [0.3, 0.4) is 0 Å². The van der Waals surface area contributed by atoms with Crippen LogP contribution in [0.25, 0.3) is 10.9 Å². The smallest absolute Gasteiger partial charge is 0.341 e. The number of hydrogen-bond donors (Lipinski definition) is 1. The van der Waals surface area contributed by atoms with Gasteiger partial charge in [0, 0.05) is 25.5 Å². The number of nitrogens with zero attached hydrogens (tertiary/aromatic N) is 5. The molecule has 1 fully saturated rings. The van der Waals surface area contributed by atoms with Gasteiger partial charge in [-0.15, -0.1) is 5.10 Å². The van der Waals surface area contributed by atoms with Crippen molar-refractivity contribution in [2.24, 2.45) is 0 Å². The monoisotopic (exact) mass is 399 g/mol. The summed E-state index contributed by atoms with van der Waals surface area (Å²) in [5.41, 5.74) is -0.366. The Hall–Kier alpha value is -3.43. The first-order chi connectivity index (χ1) is 14.0. The number of aromatic nitrogens is 4. The Bertz CT molecular complexity index is 1190. The fourth-order valence-electron chi connectivity index (χ4n) is 4.23. The van der Waals surface area contributed by atoms with Crippen LogP contribution in [0.2, 0.25) is 0 Å². The highest BCUT2D eigenvalue weighted by molar-refractivity contribution is 5.97. The molecule has 9 nitrogen and oxygen atoms in total. The molecule has 0 spiro atoms. The van der Waals surface area contributed by atoms with Crippen LogP contribution in [0.15, 0.2) is 29.5 Å². The third-order valence-electron chi connectivity index (χ3n) is 5.67. The third-order valence-corrected chi connectivity index (χ3v) is 5.67. The second-order valence-corrected chi connectivity index (χ2v) is 7.45. The van der Waals surface area contributed by atoms with Gasteiger partial charge >= 0.3 is 5.97 Å². The molecular formula is C19H18FN5O4. The fourth-order valence-corrected chi connectivity index (χ4v) is 4.23. The Kier molecular flexibility index (Phi) is 3.83. The van der Waals surface area contributed by atoms with E-state index in [0.717, 1.165) is 12.5 Å². The highest BCUT2D eigenvalue weighted by Gasteiger charge is 2.33. The number of pyridine rings is 1. The second kappa shape index (κ2) is 6.29. The second-order valence-electron chi connectivity index (χ2n) is 7.45. The van der Waals surface area contributed by atoms with E-state index in [9.17, 15) is 14.7 Å². The summed E-state index contributed by atoms with van der Waals surface area (Å²) in [6.07, 6.45) is 5.47. The van der Waals surface area contributed by atoms with Gasteiger partial charge < -0.3 is 19.3 Å². The Balaban J connectivity index is 1.69. The molecular weight excluding hydrogens is 381 g/mol. The van der Waals surface area contributed by atoms with Gasteiger partial charge in [0.05, 0.1) is 29.2 Å². The Morgan fingerprint density at radius 1 is 1.41 bits per heavy atom. The van der Waals surface area contributed by atoms with Crippen molar-refractivity contribution < 1.29 is 19.0 Å². The van der Waals surface area contributed by atoms with Crippen LogP contribution in [0.1, 0.15) is 35.8 Å². The molecule has 0 saturated carbocycles. The van der Waals surface area contributed by atoms with Crippen LogP contribution in [-0.2, 0) is 0 Å². The number of carboxylic acid groups (broad SMARTS) is 1. The predicted octanol–water partition coefficient (Wildman–Crippen LogP) is 1.84. The maximum atomic E-state index is 15.2. The lowest BCUT2D eigenvalue weighted by atomic mass is 10.1. The van der Waals surface area contributed by atoms with Crippen molar-refractivity contribution in [3.63, 3.8) is 0 Å². The lowest BCUT2D eigenvalue weighted by Gasteiger charge is -2.31. The molecule has 10 heteroatoms. The van der Waals surface area contributed by atoms with Gasteiger partial charge in [0.1, 0.15) is 17.9 Å². The molecule has 2 aromatic heterocycles. The highest BCUT2D eigenvalue weighted by Crippen LogP contribution is 2.43. The Morgan fingerprint density at radius 2 is 2.24 bits per heavy atom. The zero-order valence-corrected chi connectivity index (χ0v) is 15.6. The van der Waals surface area contributed by atoms with Gasteiger partial charge in [-0.05, 0) is 19.4 Å². The average molecular weight is 399 g/mol. The van der Waals surface area contributed by atoms with Crippen molar-refractivity contribution in [3.05, 3.63) is 46.3 Å². The molecule has 5 rings (SSSR count). The van der Waals surface area contributed by atoms with Gasteiger partial charge in [-0.25, -0.2) is 13.9 Å². The molecule has 150 valence electrons. The van der Waals surface area contributed by atoms with Crippen molar-refractivity contribution in [3.8, 4) is 5.75 Å². The molecule has 1 aromatic carbocycles. The molecule has 2 aliphatic heterocycles. The topological polar surface area (TPSA) is 102 Å². The predicted molar refractivity (Wildman–Crippen MR) is 101 cm³/mol. The number of rotatable bonds is 3. The first-order valence-electron chi connectivity index (χ1n) is 9.34. The van der Waals surface area contributed by atoms with Gasteiger partial charge in [0.25, 0.3) is 0 Å². The molecule has 2 atom stereocenters. The van der Waals surface area contributed by atoms with Gasteiger partial charge in [0.2, 0.25) is 5.43 Å². The molecule has 3 aromatic rings. The van der Waals surface area contributed by atoms with Crippen LogP contribution in [0.4, 0.5) is 10.1 Å².